The van der Waals surface area contributed by atoms with Crippen LogP contribution in [0.4, 0.5) is 5.00 Å². The number of nitrogens with two attached hydrogens (primary N) is 1. The van der Waals surface area contributed by atoms with Crippen LogP contribution in [0.1, 0.15) is 39.2 Å². The Labute approximate surface area is 149 Å². The van der Waals surface area contributed by atoms with E-state index < -0.39 is 5.91 Å². The summed E-state index contributed by atoms with van der Waals surface area (Å²) in [6, 6.07) is 7.26. The van der Waals surface area contributed by atoms with E-state index in [4.69, 9.17) is 17.3 Å². The van der Waals surface area contributed by atoms with Crippen molar-refractivity contribution in [3.8, 4) is 0 Å². The van der Waals surface area contributed by atoms with Crippen molar-refractivity contribution in [1.29, 1.82) is 0 Å². The van der Waals surface area contributed by atoms with Gasteiger partial charge in [-0.15, -0.1) is 11.3 Å². The topological polar surface area (TPSA) is 72.2 Å². The van der Waals surface area contributed by atoms with Gasteiger partial charge in [-0.2, -0.15) is 0 Å². The van der Waals surface area contributed by atoms with Crippen LogP contribution in [0.5, 0.6) is 0 Å². The standard InChI is InChI=1S/C18H17ClN2O2S/c19-13-7-3-1-5-11(13)9-10-15(22)21-18-16(17(20)23)12-6-2-4-8-14(12)24-18/h1,3,5,7,9-10H,2,4,6,8H2,(H2,20,23)(H,21,22)/b10-9+. The number of amides is 2. The molecule has 4 nitrogen and oxygen atoms in total. The molecule has 1 aromatic heterocycles. The zero-order valence-electron chi connectivity index (χ0n) is 13.0. The molecule has 1 aliphatic rings. The molecule has 2 aromatic rings. The Morgan fingerprint density at radius 2 is 1.96 bits per heavy atom. The summed E-state index contributed by atoms with van der Waals surface area (Å²) in [5.41, 5.74) is 7.75. The van der Waals surface area contributed by atoms with E-state index >= 15 is 0 Å². The summed E-state index contributed by atoms with van der Waals surface area (Å²) in [5, 5.41) is 3.91. The summed E-state index contributed by atoms with van der Waals surface area (Å²) in [5.74, 6) is -0.796. The minimum absolute atomic E-state index is 0.309. The van der Waals surface area contributed by atoms with Crippen molar-refractivity contribution in [2.45, 2.75) is 25.7 Å². The molecule has 0 aliphatic heterocycles. The molecule has 0 spiro atoms. The van der Waals surface area contributed by atoms with Gasteiger partial charge >= 0.3 is 0 Å². The molecule has 24 heavy (non-hydrogen) atoms. The van der Waals surface area contributed by atoms with Crippen molar-refractivity contribution in [2.75, 3.05) is 5.32 Å². The van der Waals surface area contributed by atoms with Crippen LogP contribution in [-0.4, -0.2) is 11.8 Å². The third-order valence-electron chi connectivity index (χ3n) is 3.97. The van der Waals surface area contributed by atoms with Crippen LogP contribution in [0.15, 0.2) is 30.3 Å². The fraction of sp³-hybridized carbons (Fsp3) is 0.222. The van der Waals surface area contributed by atoms with E-state index in [0.717, 1.165) is 41.7 Å². The lowest BCUT2D eigenvalue weighted by atomic mass is 9.95. The van der Waals surface area contributed by atoms with Crippen LogP contribution in [0, 0.1) is 0 Å². The van der Waals surface area contributed by atoms with Gasteiger partial charge in [-0.3, -0.25) is 9.59 Å². The van der Waals surface area contributed by atoms with Gasteiger partial charge in [0.1, 0.15) is 5.00 Å². The highest BCUT2D eigenvalue weighted by molar-refractivity contribution is 7.17. The number of halogens is 1. The second-order valence-electron chi connectivity index (χ2n) is 5.62. The number of fused-ring (bicyclic) bond motifs is 1. The number of rotatable bonds is 4. The van der Waals surface area contributed by atoms with Gasteiger partial charge in [0, 0.05) is 16.0 Å². The number of anilines is 1. The predicted octanol–water partition coefficient (Wildman–Crippen LogP) is 4.03. The molecule has 3 rings (SSSR count). The van der Waals surface area contributed by atoms with Crippen molar-refractivity contribution in [3.63, 3.8) is 0 Å². The number of primary amides is 1. The first-order chi connectivity index (χ1) is 11.6. The van der Waals surface area contributed by atoms with Crippen LogP contribution in [0.2, 0.25) is 5.02 Å². The molecule has 0 unspecified atom stereocenters. The Morgan fingerprint density at radius 1 is 1.21 bits per heavy atom. The van der Waals surface area contributed by atoms with Crippen molar-refractivity contribution in [1.82, 2.24) is 0 Å². The molecule has 6 heteroatoms. The molecule has 2 amide bonds. The lowest BCUT2D eigenvalue weighted by molar-refractivity contribution is -0.111. The Kier molecular flexibility index (Phi) is 5.02. The second-order valence-corrected chi connectivity index (χ2v) is 7.14. The zero-order chi connectivity index (χ0) is 17.1. The Morgan fingerprint density at radius 3 is 2.71 bits per heavy atom. The quantitative estimate of drug-likeness (QED) is 0.808. The minimum atomic E-state index is -0.486. The molecule has 0 saturated heterocycles. The van der Waals surface area contributed by atoms with Gasteiger partial charge in [-0.05, 0) is 49.0 Å². The number of hydrogen-bond acceptors (Lipinski definition) is 3. The van der Waals surface area contributed by atoms with E-state index in [0.29, 0.717) is 15.6 Å². The molecule has 0 fully saturated rings. The number of carbonyl (C=O) groups excluding carboxylic acids is 2. The molecule has 1 aliphatic carbocycles. The molecule has 0 bridgehead atoms. The maximum atomic E-state index is 12.2. The molecule has 124 valence electrons. The third-order valence-corrected chi connectivity index (χ3v) is 5.53. The van der Waals surface area contributed by atoms with Gasteiger partial charge in [0.05, 0.1) is 5.56 Å². The first-order valence-electron chi connectivity index (χ1n) is 7.74. The summed E-state index contributed by atoms with van der Waals surface area (Å²) < 4.78 is 0. The maximum absolute atomic E-state index is 12.2. The normalized spacial score (nSPS) is 13.7. The van der Waals surface area contributed by atoms with Crippen LogP contribution in [0.3, 0.4) is 0 Å². The number of thiophene rings is 1. The smallest absolute Gasteiger partial charge is 0.251 e. The largest absolute Gasteiger partial charge is 0.365 e. The average molecular weight is 361 g/mol. The van der Waals surface area contributed by atoms with E-state index in [-0.39, 0.29) is 5.91 Å². The third kappa shape index (κ3) is 3.52. The number of aryl methyl sites for hydroxylation is 1. The monoisotopic (exact) mass is 360 g/mol. The highest BCUT2D eigenvalue weighted by Crippen LogP contribution is 2.37. The lowest BCUT2D eigenvalue weighted by Crippen LogP contribution is -2.17. The number of hydrogen-bond donors (Lipinski definition) is 2. The Hall–Kier alpha value is -2.11. The second kappa shape index (κ2) is 7.20. The Bertz CT molecular complexity index is 826. The van der Waals surface area contributed by atoms with Gasteiger partial charge in [0.15, 0.2) is 0 Å². The van der Waals surface area contributed by atoms with Gasteiger partial charge < -0.3 is 11.1 Å². The van der Waals surface area contributed by atoms with Gasteiger partial charge in [0.2, 0.25) is 5.91 Å². The van der Waals surface area contributed by atoms with Crippen molar-refractivity contribution in [2.24, 2.45) is 5.73 Å². The molecular formula is C18H17ClN2O2S. The van der Waals surface area contributed by atoms with E-state index in [1.807, 2.05) is 18.2 Å². The minimum Gasteiger partial charge on any atom is -0.365 e. The van der Waals surface area contributed by atoms with Crippen LogP contribution >= 0.6 is 22.9 Å². The van der Waals surface area contributed by atoms with E-state index in [1.54, 1.807) is 12.1 Å². The summed E-state index contributed by atoms with van der Waals surface area (Å²) in [4.78, 5) is 25.2. The maximum Gasteiger partial charge on any atom is 0.251 e. The highest BCUT2D eigenvalue weighted by atomic mass is 35.5. The van der Waals surface area contributed by atoms with Crippen LogP contribution in [0.25, 0.3) is 6.08 Å². The zero-order valence-corrected chi connectivity index (χ0v) is 14.5. The molecule has 0 saturated carbocycles. The molecule has 0 radical (unpaired) electrons. The molecule has 1 heterocycles. The first kappa shape index (κ1) is 16.7. The fourth-order valence-corrected chi connectivity index (χ4v) is 4.34. The van der Waals surface area contributed by atoms with Gasteiger partial charge in [0.25, 0.3) is 5.91 Å². The number of nitrogens with one attached hydrogen (secondary N) is 1. The summed E-state index contributed by atoms with van der Waals surface area (Å²) in [7, 11) is 0. The van der Waals surface area contributed by atoms with Crippen LogP contribution < -0.4 is 11.1 Å². The number of benzene rings is 1. The summed E-state index contributed by atoms with van der Waals surface area (Å²) in [6.45, 7) is 0. The molecule has 0 atom stereocenters. The first-order valence-corrected chi connectivity index (χ1v) is 8.93. The molecule has 3 N–H and O–H groups in total. The average Bonchev–Trinajstić information content (AvgIpc) is 2.92. The highest BCUT2D eigenvalue weighted by Gasteiger charge is 2.24. The van der Waals surface area contributed by atoms with E-state index in [2.05, 4.69) is 5.32 Å². The van der Waals surface area contributed by atoms with E-state index in [9.17, 15) is 9.59 Å². The van der Waals surface area contributed by atoms with Crippen molar-refractivity contribution >= 4 is 45.8 Å². The van der Waals surface area contributed by atoms with Crippen molar-refractivity contribution < 1.29 is 9.59 Å². The molecular weight excluding hydrogens is 344 g/mol. The van der Waals surface area contributed by atoms with Gasteiger partial charge in [-0.25, -0.2) is 0 Å². The van der Waals surface area contributed by atoms with Crippen molar-refractivity contribution in [3.05, 3.63) is 56.9 Å². The SMILES string of the molecule is NC(=O)c1c(NC(=O)/C=C/c2ccccc2Cl)sc2c1CCCC2. The fourth-order valence-electron chi connectivity index (χ4n) is 2.84. The summed E-state index contributed by atoms with van der Waals surface area (Å²) in [6.07, 6.45) is 6.98. The lowest BCUT2D eigenvalue weighted by Gasteiger charge is -2.11. The number of carbonyl (C=O) groups is 2. The summed E-state index contributed by atoms with van der Waals surface area (Å²) >= 11 is 7.51. The Balaban J connectivity index is 1.81. The van der Waals surface area contributed by atoms with Gasteiger partial charge in [-0.1, -0.05) is 29.8 Å². The van der Waals surface area contributed by atoms with Crippen LogP contribution in [-0.2, 0) is 17.6 Å². The van der Waals surface area contributed by atoms with E-state index in [1.165, 1.54) is 17.4 Å². The molecule has 1 aromatic carbocycles. The predicted molar refractivity (Wildman–Crippen MR) is 98.6 cm³/mol.